The van der Waals surface area contributed by atoms with Crippen LogP contribution in [0.4, 0.5) is 0 Å². The van der Waals surface area contributed by atoms with Crippen LogP contribution < -0.4 is 20.1 Å². The Balaban J connectivity index is 0.00000363. The third-order valence-corrected chi connectivity index (χ3v) is 5.88. The Kier molecular flexibility index (Phi) is 11.1. The highest BCUT2D eigenvalue weighted by Crippen LogP contribution is 2.40. The van der Waals surface area contributed by atoms with Gasteiger partial charge in [-0.05, 0) is 43.0 Å². The van der Waals surface area contributed by atoms with E-state index in [0.717, 1.165) is 24.6 Å². The fourth-order valence-electron chi connectivity index (χ4n) is 4.26. The van der Waals surface area contributed by atoms with Crippen LogP contribution in [0.1, 0.15) is 43.7 Å². The molecule has 0 unspecified atom stereocenters. The number of hydrogen-bond donors (Lipinski definition) is 3. The van der Waals surface area contributed by atoms with Crippen molar-refractivity contribution in [2.45, 2.75) is 44.6 Å². The fraction of sp³-hybridized carbons (Fsp3) is 0.480. The van der Waals surface area contributed by atoms with Gasteiger partial charge in [-0.15, -0.1) is 24.0 Å². The van der Waals surface area contributed by atoms with E-state index in [9.17, 15) is 0 Å². The summed E-state index contributed by atoms with van der Waals surface area (Å²) in [7, 11) is 1.62. The molecule has 3 N–H and O–H groups in total. The Morgan fingerprint density at radius 2 is 1.81 bits per heavy atom. The molecule has 7 heteroatoms. The fourth-order valence-corrected chi connectivity index (χ4v) is 4.26. The zero-order valence-corrected chi connectivity index (χ0v) is 21.4. The van der Waals surface area contributed by atoms with E-state index in [4.69, 9.17) is 19.6 Å². The molecule has 0 aliphatic heterocycles. The summed E-state index contributed by atoms with van der Waals surface area (Å²) in [6, 6.07) is 16.6. The standard InChI is InChI=1S/C25H35N3O3.HI/c1-3-26-24(27-18-20-11-12-22(31-16-15-29)23(17-20)30-2)28-19-25(13-7-8-14-25)21-9-5-4-6-10-21;/h4-6,9-12,17,29H,3,7-8,13-16,18-19H2,1-2H3,(H2,26,27,28);1H. The van der Waals surface area contributed by atoms with E-state index in [-0.39, 0.29) is 42.6 Å². The van der Waals surface area contributed by atoms with Crippen molar-refractivity contribution in [3.8, 4) is 11.5 Å². The largest absolute Gasteiger partial charge is 0.493 e. The molecular formula is C25H36IN3O3. The number of halogens is 1. The lowest BCUT2D eigenvalue weighted by atomic mass is 9.79. The molecule has 0 aromatic heterocycles. The van der Waals surface area contributed by atoms with Gasteiger partial charge in [-0.25, -0.2) is 4.99 Å². The van der Waals surface area contributed by atoms with Gasteiger partial charge in [0.25, 0.3) is 0 Å². The Morgan fingerprint density at radius 3 is 2.47 bits per heavy atom. The van der Waals surface area contributed by atoms with Crippen LogP contribution >= 0.6 is 24.0 Å². The first-order valence-electron chi connectivity index (χ1n) is 11.2. The van der Waals surface area contributed by atoms with Gasteiger partial charge in [-0.3, -0.25) is 0 Å². The van der Waals surface area contributed by atoms with Gasteiger partial charge in [-0.2, -0.15) is 0 Å². The Morgan fingerprint density at radius 1 is 1.06 bits per heavy atom. The monoisotopic (exact) mass is 553 g/mol. The average molecular weight is 553 g/mol. The number of ether oxygens (including phenoxy) is 2. The van der Waals surface area contributed by atoms with Gasteiger partial charge < -0.3 is 25.2 Å². The molecule has 1 saturated carbocycles. The van der Waals surface area contributed by atoms with Crippen molar-refractivity contribution in [2.75, 3.05) is 33.4 Å². The maximum absolute atomic E-state index is 8.96. The molecular weight excluding hydrogens is 517 g/mol. The second-order valence-corrected chi connectivity index (χ2v) is 7.96. The van der Waals surface area contributed by atoms with Crippen molar-refractivity contribution in [1.82, 2.24) is 10.6 Å². The number of methoxy groups -OCH3 is 1. The molecule has 0 atom stereocenters. The van der Waals surface area contributed by atoms with Crippen LogP contribution in [0.2, 0.25) is 0 Å². The first-order chi connectivity index (χ1) is 15.2. The Bertz CT molecular complexity index is 840. The number of nitrogens with one attached hydrogen (secondary N) is 2. The van der Waals surface area contributed by atoms with Crippen LogP contribution in [0, 0.1) is 0 Å². The highest BCUT2D eigenvalue weighted by Gasteiger charge is 2.35. The van der Waals surface area contributed by atoms with Crippen molar-refractivity contribution < 1.29 is 14.6 Å². The van der Waals surface area contributed by atoms with Gasteiger partial charge in [0.1, 0.15) is 6.61 Å². The summed E-state index contributed by atoms with van der Waals surface area (Å²) in [6.45, 7) is 4.50. The predicted octanol–water partition coefficient (Wildman–Crippen LogP) is 4.25. The average Bonchev–Trinajstić information content (AvgIpc) is 3.30. The van der Waals surface area contributed by atoms with Crippen LogP contribution in [0.3, 0.4) is 0 Å². The Hall–Kier alpha value is -2.00. The topological polar surface area (TPSA) is 75.1 Å². The molecule has 1 aliphatic carbocycles. The van der Waals surface area contributed by atoms with Crippen LogP contribution in [0.25, 0.3) is 0 Å². The molecule has 1 aliphatic rings. The van der Waals surface area contributed by atoms with Gasteiger partial charge in [0.15, 0.2) is 17.5 Å². The lowest BCUT2D eigenvalue weighted by molar-refractivity contribution is 0.196. The van der Waals surface area contributed by atoms with Crippen molar-refractivity contribution in [2.24, 2.45) is 4.99 Å². The molecule has 176 valence electrons. The molecule has 1 fully saturated rings. The summed E-state index contributed by atoms with van der Waals surface area (Å²) in [5, 5.41) is 15.9. The third-order valence-electron chi connectivity index (χ3n) is 5.88. The van der Waals surface area contributed by atoms with E-state index < -0.39 is 0 Å². The van der Waals surface area contributed by atoms with E-state index in [1.54, 1.807) is 7.11 Å². The third kappa shape index (κ3) is 7.00. The van der Waals surface area contributed by atoms with Gasteiger partial charge >= 0.3 is 0 Å². The number of rotatable bonds is 10. The lowest BCUT2D eigenvalue weighted by Gasteiger charge is -2.30. The van der Waals surface area contributed by atoms with Crippen molar-refractivity contribution >= 4 is 29.9 Å². The van der Waals surface area contributed by atoms with Crippen molar-refractivity contribution in [3.05, 3.63) is 59.7 Å². The molecule has 0 amide bonds. The number of aliphatic imine (C=N–C) groups is 1. The molecule has 2 aromatic rings. The number of hydrogen-bond acceptors (Lipinski definition) is 4. The minimum absolute atomic E-state index is 0. The lowest BCUT2D eigenvalue weighted by Crippen LogP contribution is -2.44. The first kappa shape index (κ1) is 26.3. The van der Waals surface area contributed by atoms with Gasteiger partial charge in [0.2, 0.25) is 0 Å². The van der Waals surface area contributed by atoms with Gasteiger partial charge in [0.05, 0.1) is 20.3 Å². The molecule has 0 bridgehead atoms. The highest BCUT2D eigenvalue weighted by molar-refractivity contribution is 14.0. The van der Waals surface area contributed by atoms with Gasteiger partial charge in [0, 0.05) is 18.5 Å². The summed E-state index contributed by atoms with van der Waals surface area (Å²) in [5.74, 6) is 2.10. The van der Waals surface area contributed by atoms with E-state index in [2.05, 4.69) is 47.9 Å². The summed E-state index contributed by atoms with van der Waals surface area (Å²) in [5.41, 5.74) is 2.62. The van der Waals surface area contributed by atoms with Gasteiger partial charge in [-0.1, -0.05) is 49.2 Å². The minimum Gasteiger partial charge on any atom is -0.493 e. The molecule has 2 aromatic carbocycles. The van der Waals surface area contributed by atoms with Crippen LogP contribution in [-0.4, -0.2) is 44.5 Å². The molecule has 6 nitrogen and oxygen atoms in total. The second kappa shape index (κ2) is 13.5. The van der Waals surface area contributed by atoms with Crippen molar-refractivity contribution in [3.63, 3.8) is 0 Å². The summed E-state index contributed by atoms with van der Waals surface area (Å²) < 4.78 is 10.9. The van der Waals surface area contributed by atoms with E-state index in [0.29, 0.717) is 18.0 Å². The summed E-state index contributed by atoms with van der Waals surface area (Å²) in [6.07, 6.45) is 4.95. The minimum atomic E-state index is -0.0304. The van der Waals surface area contributed by atoms with E-state index >= 15 is 0 Å². The summed E-state index contributed by atoms with van der Waals surface area (Å²) >= 11 is 0. The molecule has 0 heterocycles. The zero-order chi connectivity index (χ0) is 21.9. The zero-order valence-electron chi connectivity index (χ0n) is 19.1. The second-order valence-electron chi connectivity index (χ2n) is 7.96. The van der Waals surface area contributed by atoms with E-state index in [1.165, 1.54) is 31.2 Å². The molecule has 0 radical (unpaired) electrons. The molecule has 3 rings (SSSR count). The number of nitrogens with zero attached hydrogens (tertiary/aromatic N) is 1. The smallest absolute Gasteiger partial charge is 0.191 e. The maximum atomic E-state index is 8.96. The van der Waals surface area contributed by atoms with Crippen LogP contribution in [-0.2, 0) is 12.0 Å². The Labute approximate surface area is 208 Å². The number of aliphatic hydroxyl groups excluding tert-OH is 1. The predicted molar refractivity (Wildman–Crippen MR) is 140 cm³/mol. The number of benzene rings is 2. The first-order valence-corrected chi connectivity index (χ1v) is 11.2. The quantitative estimate of drug-likeness (QED) is 0.233. The molecule has 0 spiro atoms. The normalized spacial score (nSPS) is 15.0. The molecule has 32 heavy (non-hydrogen) atoms. The van der Waals surface area contributed by atoms with Crippen molar-refractivity contribution in [1.29, 1.82) is 0 Å². The highest BCUT2D eigenvalue weighted by atomic mass is 127. The maximum Gasteiger partial charge on any atom is 0.191 e. The van der Waals surface area contributed by atoms with Crippen LogP contribution in [0.5, 0.6) is 11.5 Å². The summed E-state index contributed by atoms with van der Waals surface area (Å²) in [4.78, 5) is 4.79. The number of aliphatic hydroxyl groups is 1. The number of guanidine groups is 1. The SMILES string of the molecule is CCNC(=NCc1ccc(OCCO)c(OC)c1)NCC1(c2ccccc2)CCCC1.I. The van der Waals surface area contributed by atoms with E-state index in [1.807, 2.05) is 18.2 Å². The molecule has 0 saturated heterocycles. The van der Waals surface area contributed by atoms with Crippen LogP contribution in [0.15, 0.2) is 53.5 Å².